The fourth-order valence-corrected chi connectivity index (χ4v) is 0.732. The molecule has 0 fully saturated rings. The summed E-state index contributed by atoms with van der Waals surface area (Å²) >= 11 is 0. The molecule has 0 radical (unpaired) electrons. The minimum absolute atomic E-state index is 0.0533. The van der Waals surface area contributed by atoms with Crippen molar-refractivity contribution in [3.8, 4) is 0 Å². The largest absolute Gasteiger partial charge is 0.479 e. The first kappa shape index (κ1) is 11.2. The van der Waals surface area contributed by atoms with Gasteiger partial charge in [-0.25, -0.2) is 4.79 Å². The molecule has 0 saturated heterocycles. The molecule has 0 saturated carbocycles. The number of hydrogen-bond donors (Lipinski definition) is 2. The van der Waals surface area contributed by atoms with E-state index in [2.05, 4.69) is 0 Å². The van der Waals surface area contributed by atoms with Crippen LogP contribution in [0.4, 0.5) is 13.2 Å². The van der Waals surface area contributed by atoms with E-state index in [9.17, 15) is 18.0 Å². The zero-order valence-corrected chi connectivity index (χ0v) is 6.35. The van der Waals surface area contributed by atoms with Crippen LogP contribution in [0.1, 0.15) is 19.8 Å². The molecule has 0 aromatic carbocycles. The summed E-state index contributed by atoms with van der Waals surface area (Å²) in [6.45, 7) is 1.36. The van der Waals surface area contributed by atoms with Crippen molar-refractivity contribution in [2.75, 3.05) is 0 Å². The van der Waals surface area contributed by atoms with Gasteiger partial charge in [0.1, 0.15) is 0 Å². The normalized spacial score (nSPS) is 17.1. The van der Waals surface area contributed by atoms with Gasteiger partial charge in [-0.1, -0.05) is 13.3 Å². The van der Waals surface area contributed by atoms with Crippen LogP contribution in [0.25, 0.3) is 0 Å². The molecule has 0 bridgehead atoms. The standard InChI is InChI=1S/C6H9F3O3/c1-2-3-5(12,4(10)11)6(7,8)9/h12H,2-3H2,1H3,(H,10,11)/t5-/m0/s1. The zero-order chi connectivity index (χ0) is 9.99. The highest BCUT2D eigenvalue weighted by atomic mass is 19.4. The summed E-state index contributed by atoms with van der Waals surface area (Å²) in [6, 6.07) is 0. The van der Waals surface area contributed by atoms with Crippen LogP contribution in [0.15, 0.2) is 0 Å². The lowest BCUT2D eigenvalue weighted by Gasteiger charge is -2.25. The summed E-state index contributed by atoms with van der Waals surface area (Å²) in [5, 5.41) is 16.8. The van der Waals surface area contributed by atoms with Crippen molar-refractivity contribution >= 4 is 5.97 Å². The summed E-state index contributed by atoms with van der Waals surface area (Å²) in [4.78, 5) is 10.1. The van der Waals surface area contributed by atoms with Crippen molar-refractivity contribution in [3.63, 3.8) is 0 Å². The van der Waals surface area contributed by atoms with E-state index in [0.717, 1.165) is 0 Å². The number of halogens is 3. The Morgan fingerprint density at radius 1 is 1.42 bits per heavy atom. The highest BCUT2D eigenvalue weighted by Gasteiger charge is 2.59. The average molecular weight is 186 g/mol. The topological polar surface area (TPSA) is 57.5 Å². The van der Waals surface area contributed by atoms with Gasteiger partial charge in [0.2, 0.25) is 0 Å². The molecule has 0 unspecified atom stereocenters. The third-order valence-electron chi connectivity index (χ3n) is 1.43. The summed E-state index contributed by atoms with van der Waals surface area (Å²) in [7, 11) is 0. The number of alkyl halides is 3. The van der Waals surface area contributed by atoms with Gasteiger partial charge in [-0.05, 0) is 6.42 Å². The second-order valence-electron chi connectivity index (χ2n) is 2.41. The van der Waals surface area contributed by atoms with Crippen LogP contribution < -0.4 is 0 Å². The Labute approximate surface area is 66.8 Å². The SMILES string of the molecule is CCC[C@](O)(C(=O)O)C(F)(F)F. The van der Waals surface area contributed by atoms with Gasteiger partial charge in [0.05, 0.1) is 0 Å². The minimum Gasteiger partial charge on any atom is -0.479 e. The maximum absolute atomic E-state index is 11.9. The molecular formula is C6H9F3O3. The van der Waals surface area contributed by atoms with Gasteiger partial charge in [-0.2, -0.15) is 13.2 Å². The smallest absolute Gasteiger partial charge is 0.428 e. The molecule has 0 amide bonds. The quantitative estimate of drug-likeness (QED) is 0.695. The van der Waals surface area contributed by atoms with E-state index in [0.29, 0.717) is 0 Å². The van der Waals surface area contributed by atoms with E-state index < -0.39 is 24.2 Å². The summed E-state index contributed by atoms with van der Waals surface area (Å²) in [5.74, 6) is -2.25. The van der Waals surface area contributed by atoms with Crippen molar-refractivity contribution in [2.24, 2.45) is 0 Å². The van der Waals surface area contributed by atoms with Crippen LogP contribution in [-0.2, 0) is 4.79 Å². The van der Waals surface area contributed by atoms with E-state index in [-0.39, 0.29) is 6.42 Å². The van der Waals surface area contributed by atoms with Crippen LogP contribution in [-0.4, -0.2) is 28.0 Å². The van der Waals surface area contributed by atoms with Crippen molar-refractivity contribution in [1.29, 1.82) is 0 Å². The Balaban J connectivity index is 4.75. The molecular weight excluding hydrogens is 177 g/mol. The molecule has 0 rings (SSSR count). The predicted molar refractivity (Wildman–Crippen MR) is 33.5 cm³/mol. The van der Waals surface area contributed by atoms with Gasteiger partial charge in [0, 0.05) is 0 Å². The van der Waals surface area contributed by atoms with Crippen molar-refractivity contribution in [3.05, 3.63) is 0 Å². The molecule has 72 valence electrons. The summed E-state index contributed by atoms with van der Waals surface area (Å²) in [5.41, 5.74) is -3.60. The third kappa shape index (κ3) is 1.88. The molecule has 3 nitrogen and oxygen atoms in total. The molecule has 0 aromatic heterocycles. The fourth-order valence-electron chi connectivity index (χ4n) is 0.732. The fraction of sp³-hybridized carbons (Fsp3) is 0.833. The van der Waals surface area contributed by atoms with Crippen molar-refractivity contribution in [2.45, 2.75) is 31.5 Å². The van der Waals surface area contributed by atoms with Crippen LogP contribution in [0.3, 0.4) is 0 Å². The van der Waals surface area contributed by atoms with E-state index in [1.54, 1.807) is 0 Å². The van der Waals surface area contributed by atoms with Crippen LogP contribution in [0, 0.1) is 0 Å². The number of carbonyl (C=O) groups is 1. The van der Waals surface area contributed by atoms with Crippen LogP contribution in [0.5, 0.6) is 0 Å². The number of hydrogen-bond acceptors (Lipinski definition) is 2. The van der Waals surface area contributed by atoms with Crippen molar-refractivity contribution in [1.82, 2.24) is 0 Å². The van der Waals surface area contributed by atoms with E-state index >= 15 is 0 Å². The molecule has 0 aliphatic rings. The Morgan fingerprint density at radius 3 is 1.92 bits per heavy atom. The first-order valence-electron chi connectivity index (χ1n) is 3.28. The maximum atomic E-state index is 11.9. The van der Waals surface area contributed by atoms with Crippen LogP contribution in [0.2, 0.25) is 0 Å². The zero-order valence-electron chi connectivity index (χ0n) is 6.35. The second-order valence-corrected chi connectivity index (χ2v) is 2.41. The van der Waals surface area contributed by atoms with Gasteiger partial charge >= 0.3 is 12.1 Å². The lowest BCUT2D eigenvalue weighted by molar-refractivity contribution is -0.262. The highest BCUT2D eigenvalue weighted by Crippen LogP contribution is 2.34. The van der Waals surface area contributed by atoms with Crippen LogP contribution >= 0.6 is 0 Å². The monoisotopic (exact) mass is 186 g/mol. The number of aliphatic hydroxyl groups is 1. The number of rotatable bonds is 3. The lowest BCUT2D eigenvalue weighted by atomic mass is 9.98. The molecule has 1 atom stereocenters. The van der Waals surface area contributed by atoms with E-state index in [1.165, 1.54) is 6.92 Å². The average Bonchev–Trinajstić information content (AvgIpc) is 1.85. The Morgan fingerprint density at radius 2 is 1.83 bits per heavy atom. The maximum Gasteiger partial charge on any atom is 0.428 e. The van der Waals surface area contributed by atoms with Crippen molar-refractivity contribution < 1.29 is 28.2 Å². The van der Waals surface area contributed by atoms with Gasteiger partial charge in [0.15, 0.2) is 0 Å². The molecule has 0 spiro atoms. The molecule has 0 aromatic rings. The van der Waals surface area contributed by atoms with Gasteiger partial charge in [-0.15, -0.1) is 0 Å². The summed E-state index contributed by atoms with van der Waals surface area (Å²) in [6.07, 6.45) is -6.00. The molecule has 2 N–H and O–H groups in total. The van der Waals surface area contributed by atoms with E-state index in [1.807, 2.05) is 0 Å². The Kier molecular flexibility index (Phi) is 3.09. The third-order valence-corrected chi connectivity index (χ3v) is 1.43. The molecule has 0 aliphatic carbocycles. The molecule has 6 heteroatoms. The second kappa shape index (κ2) is 3.30. The molecule has 0 aliphatic heterocycles. The van der Waals surface area contributed by atoms with Gasteiger partial charge < -0.3 is 10.2 Å². The first-order chi connectivity index (χ1) is 5.25. The first-order valence-corrected chi connectivity index (χ1v) is 3.28. The lowest BCUT2D eigenvalue weighted by Crippen LogP contribution is -2.51. The molecule has 0 heterocycles. The van der Waals surface area contributed by atoms with E-state index in [4.69, 9.17) is 10.2 Å². The number of carboxylic acid groups (broad SMARTS) is 1. The molecule has 12 heavy (non-hydrogen) atoms. The van der Waals surface area contributed by atoms with Gasteiger partial charge in [-0.3, -0.25) is 0 Å². The van der Waals surface area contributed by atoms with Gasteiger partial charge in [0.25, 0.3) is 5.60 Å². The predicted octanol–water partition coefficient (Wildman–Crippen LogP) is 1.16. The highest BCUT2D eigenvalue weighted by molar-refractivity contribution is 5.78. The number of aliphatic carboxylic acids is 1. The summed E-state index contributed by atoms with van der Waals surface area (Å²) < 4.78 is 35.7. The number of carboxylic acids is 1. The Hall–Kier alpha value is -0.780. The Bertz CT molecular complexity index is 177. The minimum atomic E-state index is -5.12.